The predicted octanol–water partition coefficient (Wildman–Crippen LogP) is 2.57. The Hall–Kier alpha value is -1.07. The van der Waals surface area contributed by atoms with Crippen molar-refractivity contribution in [3.8, 4) is 5.75 Å². The molecular weight excluding hydrogens is 332 g/mol. The van der Waals surface area contributed by atoms with Crippen molar-refractivity contribution in [2.24, 2.45) is 0 Å². The molecule has 2 bridgehead atoms. The SMILES string of the molecule is CC(Oc1cccc(Br)c1)C(=O)N1CCC2CCC(C1)N2. The van der Waals surface area contributed by atoms with Gasteiger partial charge in [-0.1, -0.05) is 22.0 Å². The summed E-state index contributed by atoms with van der Waals surface area (Å²) in [5.41, 5.74) is 0. The number of rotatable bonds is 3. The van der Waals surface area contributed by atoms with Crippen LogP contribution in [0.3, 0.4) is 0 Å². The third-order valence-corrected chi connectivity index (χ3v) is 4.78. The zero-order valence-electron chi connectivity index (χ0n) is 12.2. The van der Waals surface area contributed by atoms with Gasteiger partial charge in [-0.2, -0.15) is 0 Å². The third-order valence-electron chi connectivity index (χ3n) is 4.29. The van der Waals surface area contributed by atoms with E-state index in [1.165, 1.54) is 12.8 Å². The maximum atomic E-state index is 12.6. The second-order valence-corrected chi connectivity index (χ2v) is 6.84. The van der Waals surface area contributed by atoms with E-state index in [0.29, 0.717) is 12.1 Å². The summed E-state index contributed by atoms with van der Waals surface area (Å²) >= 11 is 3.41. The lowest BCUT2D eigenvalue weighted by molar-refractivity contribution is -0.138. The molecule has 0 spiro atoms. The Bertz CT molecular complexity index is 523. The van der Waals surface area contributed by atoms with Gasteiger partial charge in [0.1, 0.15) is 5.75 Å². The number of hydrogen-bond donors (Lipinski definition) is 1. The van der Waals surface area contributed by atoms with Gasteiger partial charge in [0.2, 0.25) is 0 Å². The molecule has 3 unspecified atom stereocenters. The topological polar surface area (TPSA) is 41.6 Å². The first kappa shape index (κ1) is 14.9. The summed E-state index contributed by atoms with van der Waals surface area (Å²) in [6.07, 6.45) is 3.02. The standard InChI is InChI=1S/C16H21BrN2O2/c1-11(21-15-4-2-3-12(17)9-15)16(20)19-8-7-13-5-6-14(10-19)18-13/h2-4,9,11,13-14,18H,5-8,10H2,1H3. The molecule has 2 fully saturated rings. The maximum absolute atomic E-state index is 12.6. The summed E-state index contributed by atoms with van der Waals surface area (Å²) in [4.78, 5) is 14.5. The molecule has 2 aliphatic rings. The molecule has 2 heterocycles. The molecule has 21 heavy (non-hydrogen) atoms. The summed E-state index contributed by atoms with van der Waals surface area (Å²) in [5, 5.41) is 3.59. The number of benzene rings is 1. The number of hydrogen-bond acceptors (Lipinski definition) is 3. The Morgan fingerprint density at radius 3 is 3.00 bits per heavy atom. The van der Waals surface area contributed by atoms with Gasteiger partial charge in [0.25, 0.3) is 5.91 Å². The Kier molecular flexibility index (Phi) is 4.50. The van der Waals surface area contributed by atoms with Gasteiger partial charge in [0, 0.05) is 29.6 Å². The van der Waals surface area contributed by atoms with E-state index >= 15 is 0 Å². The summed E-state index contributed by atoms with van der Waals surface area (Å²) in [6, 6.07) is 8.66. The average molecular weight is 353 g/mol. The van der Waals surface area contributed by atoms with Crippen LogP contribution in [0.25, 0.3) is 0 Å². The van der Waals surface area contributed by atoms with E-state index in [0.717, 1.165) is 29.7 Å². The van der Waals surface area contributed by atoms with Crippen LogP contribution in [-0.2, 0) is 4.79 Å². The van der Waals surface area contributed by atoms with Gasteiger partial charge < -0.3 is 15.0 Å². The molecule has 1 amide bonds. The number of likely N-dealkylation sites (tertiary alicyclic amines) is 1. The molecule has 4 nitrogen and oxygen atoms in total. The highest BCUT2D eigenvalue weighted by atomic mass is 79.9. The molecule has 0 aromatic heterocycles. The molecule has 3 rings (SSSR count). The van der Waals surface area contributed by atoms with Crippen LogP contribution in [0, 0.1) is 0 Å². The van der Waals surface area contributed by atoms with Gasteiger partial charge >= 0.3 is 0 Å². The molecule has 114 valence electrons. The van der Waals surface area contributed by atoms with E-state index in [2.05, 4.69) is 21.2 Å². The normalized spacial score (nSPS) is 26.3. The monoisotopic (exact) mass is 352 g/mol. The molecule has 0 saturated carbocycles. The fourth-order valence-electron chi connectivity index (χ4n) is 3.20. The minimum absolute atomic E-state index is 0.0873. The third kappa shape index (κ3) is 3.58. The molecule has 2 saturated heterocycles. The number of fused-ring (bicyclic) bond motifs is 2. The summed E-state index contributed by atoms with van der Waals surface area (Å²) in [7, 11) is 0. The van der Waals surface area contributed by atoms with Crippen molar-refractivity contribution in [1.29, 1.82) is 0 Å². The van der Waals surface area contributed by atoms with Crippen LogP contribution >= 0.6 is 15.9 Å². The number of amides is 1. The Morgan fingerprint density at radius 1 is 1.38 bits per heavy atom. The van der Waals surface area contributed by atoms with Gasteiger partial charge in [-0.15, -0.1) is 0 Å². The van der Waals surface area contributed by atoms with Gasteiger partial charge in [0.15, 0.2) is 6.10 Å². The molecule has 1 N–H and O–H groups in total. The van der Waals surface area contributed by atoms with E-state index < -0.39 is 6.10 Å². The predicted molar refractivity (Wildman–Crippen MR) is 85.4 cm³/mol. The molecule has 0 aliphatic carbocycles. The zero-order valence-corrected chi connectivity index (χ0v) is 13.8. The van der Waals surface area contributed by atoms with Gasteiger partial charge in [-0.25, -0.2) is 0 Å². The first-order valence-corrected chi connectivity index (χ1v) is 8.38. The van der Waals surface area contributed by atoms with Crippen molar-refractivity contribution >= 4 is 21.8 Å². The quantitative estimate of drug-likeness (QED) is 0.908. The van der Waals surface area contributed by atoms with Crippen molar-refractivity contribution in [2.45, 2.75) is 44.4 Å². The first-order chi connectivity index (χ1) is 10.1. The minimum Gasteiger partial charge on any atom is -0.481 e. The molecule has 1 aromatic carbocycles. The first-order valence-electron chi connectivity index (χ1n) is 7.59. The number of carbonyl (C=O) groups is 1. The second kappa shape index (κ2) is 6.36. The van der Waals surface area contributed by atoms with Crippen LogP contribution < -0.4 is 10.1 Å². The molecule has 1 aromatic rings. The van der Waals surface area contributed by atoms with Crippen molar-refractivity contribution in [3.63, 3.8) is 0 Å². The highest BCUT2D eigenvalue weighted by Gasteiger charge is 2.32. The Morgan fingerprint density at radius 2 is 2.19 bits per heavy atom. The fraction of sp³-hybridized carbons (Fsp3) is 0.562. The summed E-state index contributed by atoms with van der Waals surface area (Å²) in [6.45, 7) is 3.47. The van der Waals surface area contributed by atoms with Gasteiger partial charge in [-0.05, 0) is 44.4 Å². The van der Waals surface area contributed by atoms with Crippen molar-refractivity contribution in [3.05, 3.63) is 28.7 Å². The lowest BCUT2D eigenvalue weighted by atomic mass is 10.1. The number of halogens is 1. The van der Waals surface area contributed by atoms with Crippen molar-refractivity contribution in [2.75, 3.05) is 13.1 Å². The molecule has 0 radical (unpaired) electrons. The Balaban J connectivity index is 1.61. The minimum atomic E-state index is -0.448. The number of nitrogens with zero attached hydrogens (tertiary/aromatic N) is 1. The summed E-state index contributed by atoms with van der Waals surface area (Å²) in [5.74, 6) is 0.809. The van der Waals surface area contributed by atoms with E-state index in [1.807, 2.05) is 36.1 Å². The van der Waals surface area contributed by atoms with Crippen LogP contribution in [0.1, 0.15) is 26.2 Å². The lowest BCUT2D eigenvalue weighted by Gasteiger charge is -2.27. The van der Waals surface area contributed by atoms with Crippen LogP contribution in [0.15, 0.2) is 28.7 Å². The highest BCUT2D eigenvalue weighted by Crippen LogP contribution is 2.22. The van der Waals surface area contributed by atoms with Crippen LogP contribution in [0.2, 0.25) is 0 Å². The van der Waals surface area contributed by atoms with Crippen LogP contribution in [0.5, 0.6) is 5.75 Å². The summed E-state index contributed by atoms with van der Waals surface area (Å²) < 4.78 is 6.74. The van der Waals surface area contributed by atoms with Crippen LogP contribution in [0.4, 0.5) is 0 Å². The number of nitrogens with one attached hydrogen (secondary N) is 1. The van der Waals surface area contributed by atoms with E-state index in [9.17, 15) is 4.79 Å². The molecule has 2 aliphatic heterocycles. The van der Waals surface area contributed by atoms with E-state index in [1.54, 1.807) is 0 Å². The largest absolute Gasteiger partial charge is 0.481 e. The highest BCUT2D eigenvalue weighted by molar-refractivity contribution is 9.10. The lowest BCUT2D eigenvalue weighted by Crippen LogP contribution is -2.44. The number of ether oxygens (including phenoxy) is 1. The van der Waals surface area contributed by atoms with Crippen molar-refractivity contribution < 1.29 is 9.53 Å². The smallest absolute Gasteiger partial charge is 0.263 e. The second-order valence-electron chi connectivity index (χ2n) is 5.93. The van der Waals surface area contributed by atoms with E-state index in [4.69, 9.17) is 4.74 Å². The van der Waals surface area contributed by atoms with Gasteiger partial charge in [-0.3, -0.25) is 4.79 Å². The molecule has 5 heteroatoms. The van der Waals surface area contributed by atoms with Crippen LogP contribution in [-0.4, -0.2) is 42.1 Å². The average Bonchev–Trinajstić information content (AvgIpc) is 2.77. The number of carbonyl (C=O) groups excluding carboxylic acids is 1. The fourth-order valence-corrected chi connectivity index (χ4v) is 3.57. The van der Waals surface area contributed by atoms with Crippen molar-refractivity contribution in [1.82, 2.24) is 10.2 Å². The molecule has 3 atom stereocenters. The maximum Gasteiger partial charge on any atom is 0.263 e. The molecular formula is C16H21BrN2O2. The zero-order chi connectivity index (χ0) is 14.8. The van der Waals surface area contributed by atoms with Gasteiger partial charge in [0.05, 0.1) is 0 Å². The Labute approximate surface area is 134 Å². The van der Waals surface area contributed by atoms with E-state index in [-0.39, 0.29) is 5.91 Å².